The number of hydrogen-bond acceptors (Lipinski definition) is 4. The number of rotatable bonds is 4. The topological polar surface area (TPSA) is 72.8 Å². The van der Waals surface area contributed by atoms with Gasteiger partial charge >= 0.3 is 11.9 Å². The van der Waals surface area contributed by atoms with Crippen LogP contribution in [-0.4, -0.2) is 31.3 Å². The number of carbonyl (C=O) groups excluding carboxylic acids is 1. The molecule has 0 bridgehead atoms. The number of hydrogen-bond donors (Lipinski definition) is 1. The minimum absolute atomic E-state index is 0.0241. The second-order valence-corrected chi connectivity index (χ2v) is 4.41. The molecule has 2 aromatic rings. The average Bonchev–Trinajstić information content (AvgIpc) is 2.53. The number of methoxy groups -OCH3 is 2. The summed E-state index contributed by atoms with van der Waals surface area (Å²) < 4.78 is 23.1. The zero-order chi connectivity index (χ0) is 16.3. The van der Waals surface area contributed by atoms with Gasteiger partial charge in [-0.05, 0) is 35.4 Å². The Morgan fingerprint density at radius 1 is 1.00 bits per heavy atom. The molecule has 5 nitrogen and oxygen atoms in total. The molecule has 0 atom stereocenters. The van der Waals surface area contributed by atoms with Gasteiger partial charge in [0, 0.05) is 0 Å². The molecule has 2 rings (SSSR count). The fourth-order valence-corrected chi connectivity index (χ4v) is 2.03. The van der Waals surface area contributed by atoms with Crippen LogP contribution in [0.25, 0.3) is 11.1 Å². The van der Waals surface area contributed by atoms with Crippen molar-refractivity contribution in [2.24, 2.45) is 0 Å². The molecule has 1 N–H and O–H groups in total. The molecule has 6 heteroatoms. The third-order valence-corrected chi connectivity index (χ3v) is 3.13. The number of benzene rings is 2. The SMILES string of the molecule is COC(=O)c1cc(-c2ccc(OC)c(C(=O)O)c2)ccc1F. The van der Waals surface area contributed by atoms with Gasteiger partial charge in [-0.25, -0.2) is 14.0 Å². The average molecular weight is 304 g/mol. The Balaban J connectivity index is 2.55. The van der Waals surface area contributed by atoms with Crippen LogP contribution in [0.5, 0.6) is 5.75 Å². The molecule has 0 radical (unpaired) electrons. The van der Waals surface area contributed by atoms with Gasteiger partial charge in [0.1, 0.15) is 17.1 Å². The first-order valence-corrected chi connectivity index (χ1v) is 6.27. The van der Waals surface area contributed by atoms with Gasteiger partial charge in [0.25, 0.3) is 0 Å². The van der Waals surface area contributed by atoms with Gasteiger partial charge < -0.3 is 14.6 Å². The smallest absolute Gasteiger partial charge is 0.340 e. The third kappa shape index (κ3) is 2.90. The van der Waals surface area contributed by atoms with Crippen molar-refractivity contribution < 1.29 is 28.6 Å². The van der Waals surface area contributed by atoms with Gasteiger partial charge in [0.05, 0.1) is 19.8 Å². The molecule has 0 saturated carbocycles. The number of ether oxygens (including phenoxy) is 2. The quantitative estimate of drug-likeness (QED) is 0.879. The largest absolute Gasteiger partial charge is 0.496 e. The predicted molar refractivity (Wildman–Crippen MR) is 76.7 cm³/mol. The number of halogens is 1. The van der Waals surface area contributed by atoms with Gasteiger partial charge in [0.15, 0.2) is 0 Å². The van der Waals surface area contributed by atoms with Gasteiger partial charge in [-0.15, -0.1) is 0 Å². The summed E-state index contributed by atoms with van der Waals surface area (Å²) in [6.07, 6.45) is 0. The fourth-order valence-electron chi connectivity index (χ4n) is 2.03. The molecule has 0 aliphatic rings. The highest BCUT2D eigenvalue weighted by atomic mass is 19.1. The van der Waals surface area contributed by atoms with Gasteiger partial charge in [-0.2, -0.15) is 0 Å². The maximum Gasteiger partial charge on any atom is 0.340 e. The minimum atomic E-state index is -1.14. The number of carboxylic acid groups (broad SMARTS) is 1. The Morgan fingerprint density at radius 3 is 2.14 bits per heavy atom. The van der Waals surface area contributed by atoms with Crippen LogP contribution in [0, 0.1) is 5.82 Å². The summed E-state index contributed by atoms with van der Waals surface area (Å²) in [6.45, 7) is 0. The highest BCUT2D eigenvalue weighted by molar-refractivity contribution is 5.94. The third-order valence-electron chi connectivity index (χ3n) is 3.13. The number of carbonyl (C=O) groups is 2. The van der Waals surface area contributed by atoms with E-state index >= 15 is 0 Å². The summed E-state index contributed by atoms with van der Waals surface area (Å²) in [5, 5.41) is 9.18. The molecular formula is C16H13FO5. The lowest BCUT2D eigenvalue weighted by Gasteiger charge is -2.09. The molecule has 0 fully saturated rings. The molecule has 0 heterocycles. The van der Waals surface area contributed by atoms with Crippen molar-refractivity contribution in [2.75, 3.05) is 14.2 Å². The van der Waals surface area contributed by atoms with E-state index in [4.69, 9.17) is 4.74 Å². The van der Waals surface area contributed by atoms with Crippen molar-refractivity contribution in [3.05, 3.63) is 53.3 Å². The molecular weight excluding hydrogens is 291 g/mol. The van der Waals surface area contributed by atoms with Gasteiger partial charge in [-0.3, -0.25) is 0 Å². The van der Waals surface area contributed by atoms with Crippen LogP contribution in [0.3, 0.4) is 0 Å². The van der Waals surface area contributed by atoms with Crippen LogP contribution < -0.4 is 4.74 Å². The number of esters is 1. The van der Waals surface area contributed by atoms with E-state index < -0.39 is 17.8 Å². The van der Waals surface area contributed by atoms with E-state index in [1.165, 1.54) is 31.4 Å². The maximum absolute atomic E-state index is 13.6. The van der Waals surface area contributed by atoms with Crippen LogP contribution in [-0.2, 0) is 4.74 Å². The summed E-state index contributed by atoms with van der Waals surface area (Å²) in [4.78, 5) is 22.7. The highest BCUT2D eigenvalue weighted by Gasteiger charge is 2.16. The molecule has 0 amide bonds. The predicted octanol–water partition coefficient (Wildman–Crippen LogP) is 2.99. The summed E-state index contributed by atoms with van der Waals surface area (Å²) in [5.41, 5.74) is 0.770. The molecule has 0 spiro atoms. The monoisotopic (exact) mass is 304 g/mol. The van der Waals surface area contributed by atoms with Crippen molar-refractivity contribution in [1.29, 1.82) is 0 Å². The highest BCUT2D eigenvalue weighted by Crippen LogP contribution is 2.28. The molecule has 0 aromatic heterocycles. The molecule has 0 aliphatic heterocycles. The Kier molecular flexibility index (Phi) is 4.41. The minimum Gasteiger partial charge on any atom is -0.496 e. The lowest BCUT2D eigenvalue weighted by molar-refractivity contribution is 0.0594. The summed E-state index contributed by atoms with van der Waals surface area (Å²) in [7, 11) is 2.53. The van der Waals surface area contributed by atoms with Crippen molar-refractivity contribution in [2.45, 2.75) is 0 Å². The Bertz CT molecular complexity index is 739. The van der Waals surface area contributed by atoms with Crippen LogP contribution in [0.2, 0.25) is 0 Å². The molecule has 0 saturated heterocycles. The standard InChI is InChI=1S/C16H13FO5/c1-21-14-6-4-10(8-12(14)15(18)19)9-3-5-13(17)11(7-9)16(20)22-2/h3-8H,1-2H3,(H,18,19). The van der Waals surface area contributed by atoms with E-state index in [9.17, 15) is 19.1 Å². The van der Waals surface area contributed by atoms with E-state index in [1.807, 2.05) is 0 Å². The first-order valence-electron chi connectivity index (χ1n) is 6.27. The lowest BCUT2D eigenvalue weighted by Crippen LogP contribution is -2.05. The summed E-state index contributed by atoms with van der Waals surface area (Å²) in [5.74, 6) is -2.44. The number of aromatic carboxylic acids is 1. The van der Waals surface area contributed by atoms with Crippen LogP contribution in [0.1, 0.15) is 20.7 Å². The van der Waals surface area contributed by atoms with E-state index in [2.05, 4.69) is 4.74 Å². The molecule has 2 aromatic carbocycles. The van der Waals surface area contributed by atoms with E-state index in [0.717, 1.165) is 13.2 Å². The second-order valence-electron chi connectivity index (χ2n) is 4.41. The maximum atomic E-state index is 13.6. The fraction of sp³-hybridized carbons (Fsp3) is 0.125. The first-order chi connectivity index (χ1) is 10.5. The van der Waals surface area contributed by atoms with Crippen molar-refractivity contribution in [1.82, 2.24) is 0 Å². The van der Waals surface area contributed by atoms with Crippen molar-refractivity contribution in [3.63, 3.8) is 0 Å². The van der Waals surface area contributed by atoms with Gasteiger partial charge in [-0.1, -0.05) is 12.1 Å². The Hall–Kier alpha value is -2.89. The van der Waals surface area contributed by atoms with E-state index in [1.54, 1.807) is 6.07 Å². The molecule has 22 heavy (non-hydrogen) atoms. The van der Waals surface area contributed by atoms with Crippen molar-refractivity contribution >= 4 is 11.9 Å². The van der Waals surface area contributed by atoms with Crippen LogP contribution in [0.4, 0.5) is 4.39 Å². The zero-order valence-electron chi connectivity index (χ0n) is 11.9. The summed E-state index contributed by atoms with van der Waals surface area (Å²) >= 11 is 0. The van der Waals surface area contributed by atoms with Crippen LogP contribution in [0.15, 0.2) is 36.4 Å². The van der Waals surface area contributed by atoms with E-state index in [-0.39, 0.29) is 16.9 Å². The van der Waals surface area contributed by atoms with E-state index in [0.29, 0.717) is 11.1 Å². The second kappa shape index (κ2) is 6.26. The zero-order valence-corrected chi connectivity index (χ0v) is 11.9. The normalized spacial score (nSPS) is 10.1. The molecule has 0 aliphatic carbocycles. The van der Waals surface area contributed by atoms with Crippen molar-refractivity contribution in [3.8, 4) is 16.9 Å². The Labute approximate surface area is 125 Å². The lowest BCUT2D eigenvalue weighted by atomic mass is 10.00. The number of carboxylic acids is 1. The van der Waals surface area contributed by atoms with Gasteiger partial charge in [0.2, 0.25) is 0 Å². The Morgan fingerprint density at radius 2 is 1.59 bits per heavy atom. The summed E-state index contributed by atoms with van der Waals surface area (Å²) in [6, 6.07) is 8.42. The first kappa shape index (κ1) is 15.5. The molecule has 114 valence electrons. The molecule has 0 unspecified atom stereocenters. The van der Waals surface area contributed by atoms with Crippen LogP contribution >= 0.6 is 0 Å².